The lowest BCUT2D eigenvalue weighted by molar-refractivity contribution is 0.414. The van der Waals surface area contributed by atoms with Crippen LogP contribution in [0.25, 0.3) is 0 Å². The van der Waals surface area contributed by atoms with Crippen molar-refractivity contribution in [1.29, 1.82) is 0 Å². The number of nitrogens with zero attached hydrogens (tertiary/aromatic N) is 1. The molecule has 2 rings (SSSR count). The number of ether oxygens (including phenoxy) is 1. The molecule has 20 heavy (non-hydrogen) atoms. The molecule has 3 nitrogen and oxygen atoms in total. The fourth-order valence-corrected chi connectivity index (χ4v) is 3.13. The van der Waals surface area contributed by atoms with E-state index in [0.29, 0.717) is 6.04 Å². The number of aromatic nitrogens is 1. The molecule has 108 valence electrons. The van der Waals surface area contributed by atoms with Gasteiger partial charge in [0.15, 0.2) is 0 Å². The number of thiazole rings is 1. The van der Waals surface area contributed by atoms with Gasteiger partial charge in [-0.3, -0.25) is 0 Å². The third-order valence-corrected chi connectivity index (χ3v) is 4.34. The van der Waals surface area contributed by atoms with E-state index >= 15 is 0 Å². The summed E-state index contributed by atoms with van der Waals surface area (Å²) in [5.41, 5.74) is 1.34. The van der Waals surface area contributed by atoms with Crippen LogP contribution in [0.4, 0.5) is 0 Å². The summed E-state index contributed by atoms with van der Waals surface area (Å²) >= 11 is 1.78. The highest BCUT2D eigenvalue weighted by atomic mass is 32.1. The van der Waals surface area contributed by atoms with Crippen LogP contribution in [0.5, 0.6) is 5.75 Å². The zero-order valence-corrected chi connectivity index (χ0v) is 13.2. The number of aryl methyl sites for hydroxylation is 2. The van der Waals surface area contributed by atoms with E-state index in [1.807, 2.05) is 18.3 Å². The number of benzene rings is 1. The minimum atomic E-state index is 0.397. The smallest absolute Gasteiger partial charge is 0.118 e. The highest BCUT2D eigenvalue weighted by Crippen LogP contribution is 2.25. The summed E-state index contributed by atoms with van der Waals surface area (Å²) in [7, 11) is 1.70. The summed E-state index contributed by atoms with van der Waals surface area (Å²) in [5, 5.41) is 4.68. The van der Waals surface area contributed by atoms with Crippen molar-refractivity contribution in [3.63, 3.8) is 0 Å². The van der Waals surface area contributed by atoms with Crippen molar-refractivity contribution in [2.45, 2.75) is 32.7 Å². The molecular formula is C16H22N2OS. The normalized spacial score (nSPS) is 12.3. The number of nitrogens with one attached hydrogen (secondary N) is 1. The maximum atomic E-state index is 5.19. The fraction of sp³-hybridized carbons (Fsp3) is 0.438. The second-order valence-corrected chi connectivity index (χ2v) is 6.05. The van der Waals surface area contributed by atoms with Crippen LogP contribution in [-0.4, -0.2) is 18.6 Å². The lowest BCUT2D eigenvalue weighted by Crippen LogP contribution is -2.20. The third kappa shape index (κ3) is 4.05. The molecule has 4 heteroatoms. The predicted octanol–water partition coefficient (Wildman–Crippen LogP) is 3.74. The van der Waals surface area contributed by atoms with Gasteiger partial charge in [-0.1, -0.05) is 19.1 Å². The van der Waals surface area contributed by atoms with Gasteiger partial charge >= 0.3 is 0 Å². The van der Waals surface area contributed by atoms with Crippen molar-refractivity contribution in [3.8, 4) is 5.75 Å². The molecule has 0 aliphatic heterocycles. The monoisotopic (exact) mass is 290 g/mol. The Kier molecular flexibility index (Phi) is 5.56. The average Bonchev–Trinajstić information content (AvgIpc) is 2.90. The average molecular weight is 290 g/mol. The summed E-state index contributed by atoms with van der Waals surface area (Å²) in [4.78, 5) is 5.69. The van der Waals surface area contributed by atoms with Crippen molar-refractivity contribution in [3.05, 3.63) is 45.9 Å². The first kappa shape index (κ1) is 15.0. The van der Waals surface area contributed by atoms with Crippen molar-refractivity contribution in [1.82, 2.24) is 10.3 Å². The zero-order chi connectivity index (χ0) is 14.4. The van der Waals surface area contributed by atoms with Gasteiger partial charge in [-0.05, 0) is 44.0 Å². The first-order valence-electron chi connectivity index (χ1n) is 7.01. The van der Waals surface area contributed by atoms with Gasteiger partial charge in [-0.25, -0.2) is 4.98 Å². The molecule has 0 aliphatic carbocycles. The Hall–Kier alpha value is -1.39. The Morgan fingerprint density at radius 2 is 2.05 bits per heavy atom. The molecule has 0 radical (unpaired) electrons. The quantitative estimate of drug-likeness (QED) is 0.843. The van der Waals surface area contributed by atoms with E-state index in [0.717, 1.165) is 30.1 Å². The first-order valence-corrected chi connectivity index (χ1v) is 7.83. The van der Waals surface area contributed by atoms with Gasteiger partial charge in [-0.15, -0.1) is 11.3 Å². The highest BCUT2D eigenvalue weighted by Gasteiger charge is 2.13. The summed E-state index contributed by atoms with van der Waals surface area (Å²) in [6.07, 6.45) is 4.14. The molecule has 1 N–H and O–H groups in total. The van der Waals surface area contributed by atoms with E-state index in [2.05, 4.69) is 36.3 Å². The van der Waals surface area contributed by atoms with Crippen LogP contribution in [0.15, 0.2) is 30.5 Å². The predicted molar refractivity (Wildman–Crippen MR) is 84.6 cm³/mol. The Labute approximate surface area is 125 Å². The molecular weight excluding hydrogens is 268 g/mol. The van der Waals surface area contributed by atoms with Crippen LogP contribution in [0.3, 0.4) is 0 Å². The van der Waals surface area contributed by atoms with Gasteiger partial charge in [0.25, 0.3) is 0 Å². The van der Waals surface area contributed by atoms with Gasteiger partial charge < -0.3 is 10.1 Å². The molecule has 0 saturated heterocycles. The molecule has 0 bridgehead atoms. The van der Waals surface area contributed by atoms with E-state index in [1.54, 1.807) is 18.4 Å². The van der Waals surface area contributed by atoms with Crippen molar-refractivity contribution < 1.29 is 4.74 Å². The van der Waals surface area contributed by atoms with Crippen LogP contribution in [-0.2, 0) is 6.42 Å². The fourth-order valence-electron chi connectivity index (χ4n) is 2.23. The molecule has 1 heterocycles. The van der Waals surface area contributed by atoms with Crippen LogP contribution >= 0.6 is 11.3 Å². The van der Waals surface area contributed by atoms with Crippen molar-refractivity contribution in [2.24, 2.45) is 0 Å². The van der Waals surface area contributed by atoms with Gasteiger partial charge in [0.1, 0.15) is 5.75 Å². The molecule has 0 aliphatic rings. The van der Waals surface area contributed by atoms with Gasteiger partial charge in [0.05, 0.1) is 12.1 Å². The van der Waals surface area contributed by atoms with E-state index in [1.165, 1.54) is 10.4 Å². The molecule has 0 fully saturated rings. The van der Waals surface area contributed by atoms with Gasteiger partial charge in [-0.2, -0.15) is 0 Å². The van der Waals surface area contributed by atoms with Gasteiger partial charge in [0.2, 0.25) is 0 Å². The van der Waals surface area contributed by atoms with Crippen molar-refractivity contribution in [2.75, 3.05) is 13.7 Å². The van der Waals surface area contributed by atoms with Crippen LogP contribution < -0.4 is 10.1 Å². The topological polar surface area (TPSA) is 34.1 Å². The molecule has 0 amide bonds. The molecule has 0 saturated carbocycles. The Balaban J connectivity index is 1.97. The van der Waals surface area contributed by atoms with Crippen LogP contribution in [0.1, 0.15) is 34.8 Å². The maximum absolute atomic E-state index is 5.19. The number of rotatable bonds is 7. The largest absolute Gasteiger partial charge is 0.497 e. The summed E-state index contributed by atoms with van der Waals surface area (Å²) in [5.74, 6) is 0.912. The zero-order valence-electron chi connectivity index (χ0n) is 12.3. The standard InChI is InChI=1S/C16H22N2OS/c1-4-17-15(16-11-18-12(2)20-16)10-7-13-5-8-14(19-3)9-6-13/h5-6,8-9,11,15,17H,4,7,10H2,1-3H3. The van der Waals surface area contributed by atoms with Crippen LogP contribution in [0.2, 0.25) is 0 Å². The van der Waals surface area contributed by atoms with Gasteiger partial charge in [0, 0.05) is 17.1 Å². The summed E-state index contributed by atoms with van der Waals surface area (Å²) in [6.45, 7) is 5.18. The van der Waals surface area contributed by atoms with E-state index < -0.39 is 0 Å². The Morgan fingerprint density at radius 1 is 1.30 bits per heavy atom. The summed E-state index contributed by atoms with van der Waals surface area (Å²) < 4.78 is 5.19. The molecule has 1 aromatic heterocycles. The molecule has 0 spiro atoms. The highest BCUT2D eigenvalue weighted by molar-refractivity contribution is 7.11. The second-order valence-electron chi connectivity index (χ2n) is 4.78. The molecule has 1 aromatic carbocycles. The third-order valence-electron chi connectivity index (χ3n) is 3.31. The van der Waals surface area contributed by atoms with Crippen molar-refractivity contribution >= 4 is 11.3 Å². The maximum Gasteiger partial charge on any atom is 0.118 e. The lowest BCUT2D eigenvalue weighted by Gasteiger charge is -2.16. The first-order chi connectivity index (χ1) is 9.72. The molecule has 1 unspecified atom stereocenters. The minimum Gasteiger partial charge on any atom is -0.497 e. The summed E-state index contributed by atoms with van der Waals surface area (Å²) in [6, 6.07) is 8.72. The number of hydrogen-bond acceptors (Lipinski definition) is 4. The number of methoxy groups -OCH3 is 1. The second kappa shape index (κ2) is 7.41. The molecule has 1 atom stereocenters. The van der Waals surface area contributed by atoms with E-state index in [9.17, 15) is 0 Å². The van der Waals surface area contributed by atoms with E-state index in [-0.39, 0.29) is 0 Å². The molecule has 2 aromatic rings. The minimum absolute atomic E-state index is 0.397. The lowest BCUT2D eigenvalue weighted by atomic mass is 10.0. The Morgan fingerprint density at radius 3 is 2.60 bits per heavy atom. The SMILES string of the molecule is CCNC(CCc1ccc(OC)cc1)c1cnc(C)s1. The van der Waals surface area contributed by atoms with Crippen LogP contribution in [0, 0.1) is 6.92 Å². The Bertz CT molecular complexity index is 522. The number of hydrogen-bond donors (Lipinski definition) is 1. The van der Waals surface area contributed by atoms with E-state index in [4.69, 9.17) is 4.74 Å².